The van der Waals surface area contributed by atoms with E-state index in [-0.39, 0.29) is 5.38 Å². The van der Waals surface area contributed by atoms with Crippen LogP contribution in [0.3, 0.4) is 0 Å². The van der Waals surface area contributed by atoms with Gasteiger partial charge in [0.2, 0.25) is 0 Å². The SMILES string of the molecule is COc1ccc(C(Cl)CNCc2ccccc2)cc1OC. The molecule has 1 N–H and O–H groups in total. The molecule has 2 aromatic rings. The van der Waals surface area contributed by atoms with Crippen LogP contribution in [0.15, 0.2) is 48.5 Å². The molecule has 2 rings (SSSR count). The Balaban J connectivity index is 1.92. The van der Waals surface area contributed by atoms with Crippen molar-refractivity contribution in [2.75, 3.05) is 20.8 Å². The van der Waals surface area contributed by atoms with Crippen molar-refractivity contribution in [3.63, 3.8) is 0 Å². The zero-order chi connectivity index (χ0) is 15.1. The van der Waals surface area contributed by atoms with Crippen LogP contribution in [-0.2, 0) is 6.54 Å². The maximum absolute atomic E-state index is 6.44. The van der Waals surface area contributed by atoms with E-state index in [0.717, 1.165) is 12.1 Å². The summed E-state index contributed by atoms with van der Waals surface area (Å²) in [6, 6.07) is 16.0. The fourth-order valence-corrected chi connectivity index (χ4v) is 2.35. The highest BCUT2D eigenvalue weighted by atomic mass is 35.5. The predicted molar refractivity (Wildman–Crippen MR) is 86.3 cm³/mol. The third-order valence-electron chi connectivity index (χ3n) is 3.26. The topological polar surface area (TPSA) is 30.5 Å². The largest absolute Gasteiger partial charge is 0.493 e. The van der Waals surface area contributed by atoms with Crippen molar-refractivity contribution in [2.24, 2.45) is 0 Å². The number of methoxy groups -OCH3 is 2. The number of rotatable bonds is 7. The van der Waals surface area contributed by atoms with E-state index in [0.29, 0.717) is 18.0 Å². The standard InChI is InChI=1S/C17H20ClNO2/c1-20-16-9-8-14(10-17(16)21-2)15(18)12-19-11-13-6-4-3-5-7-13/h3-10,15,19H,11-12H2,1-2H3. The molecule has 0 spiro atoms. The van der Waals surface area contributed by atoms with Gasteiger partial charge in [-0.2, -0.15) is 0 Å². The lowest BCUT2D eigenvalue weighted by molar-refractivity contribution is 0.354. The van der Waals surface area contributed by atoms with Gasteiger partial charge in [-0.3, -0.25) is 0 Å². The molecular weight excluding hydrogens is 286 g/mol. The van der Waals surface area contributed by atoms with Crippen LogP contribution in [0.1, 0.15) is 16.5 Å². The maximum atomic E-state index is 6.44. The summed E-state index contributed by atoms with van der Waals surface area (Å²) in [4.78, 5) is 0. The normalized spacial score (nSPS) is 12.0. The summed E-state index contributed by atoms with van der Waals surface area (Å²) in [5.41, 5.74) is 2.25. The summed E-state index contributed by atoms with van der Waals surface area (Å²) in [6.07, 6.45) is 0. The van der Waals surface area contributed by atoms with E-state index in [1.54, 1.807) is 14.2 Å². The van der Waals surface area contributed by atoms with Gasteiger partial charge in [0.15, 0.2) is 11.5 Å². The van der Waals surface area contributed by atoms with Gasteiger partial charge < -0.3 is 14.8 Å². The minimum absolute atomic E-state index is 0.117. The lowest BCUT2D eigenvalue weighted by Crippen LogP contribution is -2.18. The first-order valence-corrected chi connectivity index (χ1v) is 7.29. The van der Waals surface area contributed by atoms with E-state index >= 15 is 0 Å². The van der Waals surface area contributed by atoms with Crippen LogP contribution in [-0.4, -0.2) is 20.8 Å². The van der Waals surface area contributed by atoms with Gasteiger partial charge in [-0.1, -0.05) is 36.4 Å². The van der Waals surface area contributed by atoms with Gasteiger partial charge in [-0.15, -0.1) is 11.6 Å². The van der Waals surface area contributed by atoms with Crippen molar-refractivity contribution >= 4 is 11.6 Å². The fraction of sp³-hybridized carbons (Fsp3) is 0.294. The first kappa shape index (κ1) is 15.7. The van der Waals surface area contributed by atoms with Crippen molar-refractivity contribution in [2.45, 2.75) is 11.9 Å². The van der Waals surface area contributed by atoms with Gasteiger partial charge in [0.05, 0.1) is 19.6 Å². The molecule has 3 nitrogen and oxygen atoms in total. The first-order chi connectivity index (χ1) is 10.2. The highest BCUT2D eigenvalue weighted by molar-refractivity contribution is 6.21. The second-order valence-electron chi connectivity index (χ2n) is 4.70. The minimum atomic E-state index is -0.117. The number of benzene rings is 2. The summed E-state index contributed by atoms with van der Waals surface area (Å²) in [5.74, 6) is 1.41. The zero-order valence-corrected chi connectivity index (χ0v) is 13.1. The van der Waals surface area contributed by atoms with Crippen LogP contribution < -0.4 is 14.8 Å². The third kappa shape index (κ3) is 4.38. The summed E-state index contributed by atoms with van der Waals surface area (Å²) < 4.78 is 10.5. The Hall–Kier alpha value is -1.71. The summed E-state index contributed by atoms with van der Waals surface area (Å²) in [5, 5.41) is 3.24. The van der Waals surface area contributed by atoms with Crippen LogP contribution in [0.4, 0.5) is 0 Å². The maximum Gasteiger partial charge on any atom is 0.161 e. The molecule has 0 aromatic heterocycles. The number of ether oxygens (including phenoxy) is 2. The Morgan fingerprint density at radius 1 is 1.00 bits per heavy atom. The van der Waals surface area contributed by atoms with Crippen molar-refractivity contribution in [3.8, 4) is 11.5 Å². The summed E-state index contributed by atoms with van der Waals surface area (Å²) in [7, 11) is 3.25. The van der Waals surface area contributed by atoms with Gasteiger partial charge >= 0.3 is 0 Å². The highest BCUT2D eigenvalue weighted by Crippen LogP contribution is 2.31. The molecule has 0 saturated heterocycles. The van der Waals surface area contributed by atoms with E-state index in [1.165, 1.54) is 5.56 Å². The molecule has 0 amide bonds. The molecule has 0 aliphatic rings. The number of alkyl halides is 1. The Bertz CT molecular complexity index is 560. The quantitative estimate of drug-likeness (QED) is 0.790. The average Bonchev–Trinajstić information content (AvgIpc) is 2.55. The first-order valence-electron chi connectivity index (χ1n) is 6.85. The van der Waals surface area contributed by atoms with Crippen molar-refractivity contribution in [1.29, 1.82) is 0 Å². The smallest absolute Gasteiger partial charge is 0.161 e. The lowest BCUT2D eigenvalue weighted by atomic mass is 10.1. The van der Waals surface area contributed by atoms with E-state index in [4.69, 9.17) is 21.1 Å². The van der Waals surface area contributed by atoms with Gasteiger partial charge in [-0.25, -0.2) is 0 Å². The lowest BCUT2D eigenvalue weighted by Gasteiger charge is -2.14. The molecule has 0 radical (unpaired) electrons. The molecule has 112 valence electrons. The predicted octanol–water partition coefficient (Wildman–Crippen LogP) is 3.77. The third-order valence-corrected chi connectivity index (χ3v) is 3.67. The zero-order valence-electron chi connectivity index (χ0n) is 12.3. The van der Waals surface area contributed by atoms with Crippen LogP contribution >= 0.6 is 11.6 Å². The molecule has 0 heterocycles. The van der Waals surface area contributed by atoms with Gasteiger partial charge in [0.25, 0.3) is 0 Å². The van der Waals surface area contributed by atoms with Crippen LogP contribution in [0.25, 0.3) is 0 Å². The molecule has 1 unspecified atom stereocenters. The second kappa shape index (κ2) is 7.91. The van der Waals surface area contributed by atoms with Crippen LogP contribution in [0, 0.1) is 0 Å². The molecule has 0 fully saturated rings. The summed E-state index contributed by atoms with van der Waals surface area (Å²) in [6.45, 7) is 1.49. The molecule has 0 bridgehead atoms. The molecule has 0 aliphatic carbocycles. The van der Waals surface area contributed by atoms with Crippen LogP contribution in [0.5, 0.6) is 11.5 Å². The van der Waals surface area contributed by atoms with Crippen molar-refractivity contribution in [1.82, 2.24) is 5.32 Å². The minimum Gasteiger partial charge on any atom is -0.493 e. The van der Waals surface area contributed by atoms with E-state index in [1.807, 2.05) is 36.4 Å². The van der Waals surface area contributed by atoms with Gasteiger partial charge in [0.1, 0.15) is 0 Å². The number of halogens is 1. The number of hydrogen-bond donors (Lipinski definition) is 1. The van der Waals surface area contributed by atoms with Crippen molar-refractivity contribution in [3.05, 3.63) is 59.7 Å². The van der Waals surface area contributed by atoms with E-state index in [9.17, 15) is 0 Å². The van der Waals surface area contributed by atoms with E-state index in [2.05, 4.69) is 17.4 Å². The van der Waals surface area contributed by atoms with E-state index < -0.39 is 0 Å². The molecule has 0 aliphatic heterocycles. The Labute approximate surface area is 130 Å². The Morgan fingerprint density at radius 2 is 1.71 bits per heavy atom. The summed E-state index contributed by atoms with van der Waals surface area (Å²) >= 11 is 6.44. The molecular formula is C17H20ClNO2. The molecule has 1 atom stereocenters. The van der Waals surface area contributed by atoms with Crippen molar-refractivity contribution < 1.29 is 9.47 Å². The fourth-order valence-electron chi connectivity index (χ4n) is 2.10. The molecule has 0 saturated carbocycles. The average molecular weight is 306 g/mol. The molecule has 21 heavy (non-hydrogen) atoms. The Kier molecular flexibility index (Phi) is 5.90. The van der Waals surface area contributed by atoms with Crippen LogP contribution in [0.2, 0.25) is 0 Å². The number of hydrogen-bond acceptors (Lipinski definition) is 3. The van der Waals surface area contributed by atoms with Gasteiger partial charge in [-0.05, 0) is 23.3 Å². The molecule has 4 heteroatoms. The number of nitrogens with one attached hydrogen (secondary N) is 1. The second-order valence-corrected chi connectivity index (χ2v) is 5.23. The van der Waals surface area contributed by atoms with Gasteiger partial charge in [0, 0.05) is 13.1 Å². The molecule has 2 aromatic carbocycles. The Morgan fingerprint density at radius 3 is 2.38 bits per heavy atom. The highest BCUT2D eigenvalue weighted by Gasteiger charge is 2.11. The monoisotopic (exact) mass is 305 g/mol.